The summed E-state index contributed by atoms with van der Waals surface area (Å²) < 4.78 is 0. The van der Waals surface area contributed by atoms with Gasteiger partial charge in [0.05, 0.1) is 5.39 Å². The van der Waals surface area contributed by atoms with Crippen molar-refractivity contribution in [3.63, 3.8) is 0 Å². The van der Waals surface area contributed by atoms with Crippen molar-refractivity contribution in [2.45, 2.75) is 12.8 Å². The van der Waals surface area contributed by atoms with Gasteiger partial charge in [0.1, 0.15) is 10.6 Å². The average Bonchev–Trinajstić information content (AvgIpc) is 3.05. The third-order valence-electron chi connectivity index (χ3n) is 3.63. The molecule has 0 atom stereocenters. The maximum atomic E-state index is 5.79. The molecule has 2 aromatic heterocycles. The highest BCUT2D eigenvalue weighted by Crippen LogP contribution is 2.27. The van der Waals surface area contributed by atoms with Crippen LogP contribution in [0.3, 0.4) is 0 Å². The van der Waals surface area contributed by atoms with Gasteiger partial charge in [0.25, 0.3) is 0 Å². The Morgan fingerprint density at radius 1 is 1.37 bits per heavy atom. The van der Waals surface area contributed by atoms with Crippen LogP contribution < -0.4 is 10.6 Å². The van der Waals surface area contributed by atoms with Gasteiger partial charge in [-0.15, -0.1) is 11.3 Å². The van der Waals surface area contributed by atoms with Gasteiger partial charge < -0.3 is 15.5 Å². The maximum absolute atomic E-state index is 5.79. The van der Waals surface area contributed by atoms with Gasteiger partial charge in [-0.3, -0.25) is 0 Å². The Labute approximate surface area is 117 Å². The summed E-state index contributed by atoms with van der Waals surface area (Å²) in [5.41, 5.74) is 5.79. The van der Waals surface area contributed by atoms with Crippen LogP contribution in [0.1, 0.15) is 12.8 Å². The van der Waals surface area contributed by atoms with Crippen LogP contribution in [0.2, 0.25) is 0 Å². The molecule has 0 radical (unpaired) electrons. The number of likely N-dealkylation sites (tertiary alicyclic amines) is 1. The smallest absolute Gasteiger partial charge is 0.223 e. The highest BCUT2D eigenvalue weighted by molar-refractivity contribution is 7.16. The third-order valence-corrected chi connectivity index (χ3v) is 4.44. The van der Waals surface area contributed by atoms with Gasteiger partial charge in [-0.2, -0.15) is 4.98 Å². The number of thiophene rings is 1. The number of fused-ring (bicyclic) bond motifs is 1. The van der Waals surface area contributed by atoms with Gasteiger partial charge in [0.2, 0.25) is 5.95 Å². The van der Waals surface area contributed by atoms with E-state index < -0.39 is 0 Å². The zero-order valence-corrected chi connectivity index (χ0v) is 12.0. The van der Waals surface area contributed by atoms with Gasteiger partial charge >= 0.3 is 0 Å². The molecule has 0 spiro atoms. The van der Waals surface area contributed by atoms with E-state index in [0.29, 0.717) is 5.95 Å². The summed E-state index contributed by atoms with van der Waals surface area (Å²) in [7, 11) is 2.08. The molecule has 0 saturated carbocycles. The summed E-state index contributed by atoms with van der Waals surface area (Å²) in [6.45, 7) is 4.52. The predicted molar refractivity (Wildman–Crippen MR) is 80.8 cm³/mol. The summed E-state index contributed by atoms with van der Waals surface area (Å²) in [6, 6.07) is 2.07. The van der Waals surface area contributed by atoms with Gasteiger partial charge in [-0.1, -0.05) is 0 Å². The number of hydrogen-bond acceptors (Lipinski definition) is 6. The molecular formula is C13H19N5S. The molecule has 6 heteroatoms. The molecule has 5 nitrogen and oxygen atoms in total. The van der Waals surface area contributed by atoms with Crippen LogP contribution in [0.25, 0.3) is 10.2 Å². The second-order valence-electron chi connectivity index (χ2n) is 5.02. The van der Waals surface area contributed by atoms with E-state index >= 15 is 0 Å². The number of anilines is 2. The summed E-state index contributed by atoms with van der Waals surface area (Å²) in [4.78, 5) is 14.3. The standard InChI is InChI=1S/C13H19N5S/c1-17(7-8-18-5-2-3-6-18)11-10-4-9-19-12(10)16-13(14)15-11/h4,9H,2-3,5-8H2,1H3,(H2,14,15,16). The van der Waals surface area contributed by atoms with Crippen LogP contribution in [0, 0.1) is 0 Å². The van der Waals surface area contributed by atoms with E-state index in [9.17, 15) is 0 Å². The first kappa shape index (κ1) is 12.6. The Morgan fingerprint density at radius 3 is 2.95 bits per heavy atom. The van der Waals surface area contributed by atoms with Crippen LogP contribution in [0.5, 0.6) is 0 Å². The summed E-state index contributed by atoms with van der Waals surface area (Å²) in [6.07, 6.45) is 2.66. The van der Waals surface area contributed by atoms with E-state index in [1.807, 2.05) is 5.38 Å². The molecule has 2 aromatic rings. The number of nitrogens with two attached hydrogens (primary N) is 1. The highest BCUT2D eigenvalue weighted by atomic mass is 32.1. The topological polar surface area (TPSA) is 58.3 Å². The molecule has 0 unspecified atom stereocenters. The Balaban J connectivity index is 1.76. The Hall–Kier alpha value is -1.40. The summed E-state index contributed by atoms with van der Waals surface area (Å²) >= 11 is 1.61. The molecule has 1 saturated heterocycles. The molecule has 1 aliphatic rings. The van der Waals surface area contributed by atoms with E-state index in [2.05, 4.69) is 32.9 Å². The van der Waals surface area contributed by atoms with Crippen molar-refractivity contribution in [2.24, 2.45) is 0 Å². The number of hydrogen-bond donors (Lipinski definition) is 1. The number of rotatable bonds is 4. The van der Waals surface area contributed by atoms with Crippen LogP contribution in [0.4, 0.5) is 11.8 Å². The van der Waals surface area contributed by atoms with E-state index in [1.54, 1.807) is 11.3 Å². The van der Waals surface area contributed by atoms with Crippen molar-refractivity contribution in [2.75, 3.05) is 43.9 Å². The lowest BCUT2D eigenvalue weighted by molar-refractivity contribution is 0.346. The highest BCUT2D eigenvalue weighted by Gasteiger charge is 2.15. The summed E-state index contributed by atoms with van der Waals surface area (Å²) in [5.74, 6) is 1.31. The lowest BCUT2D eigenvalue weighted by Gasteiger charge is -2.22. The van der Waals surface area contributed by atoms with Crippen molar-refractivity contribution in [1.29, 1.82) is 0 Å². The number of nitrogen functional groups attached to an aromatic ring is 1. The fraction of sp³-hybridized carbons (Fsp3) is 0.538. The van der Waals surface area contributed by atoms with Gasteiger partial charge in [-0.05, 0) is 37.4 Å². The molecule has 0 aliphatic carbocycles. The SMILES string of the molecule is CN(CCN1CCCC1)c1nc(N)nc2sccc12. The van der Waals surface area contributed by atoms with Crippen molar-refractivity contribution in [3.8, 4) is 0 Å². The van der Waals surface area contributed by atoms with E-state index in [4.69, 9.17) is 5.73 Å². The van der Waals surface area contributed by atoms with Gasteiger partial charge in [-0.25, -0.2) is 4.98 Å². The molecule has 3 rings (SSSR count). The molecule has 1 aliphatic heterocycles. The predicted octanol–water partition coefficient (Wildman–Crippen LogP) is 1.81. The van der Waals surface area contributed by atoms with E-state index in [-0.39, 0.29) is 0 Å². The maximum Gasteiger partial charge on any atom is 0.223 e. The van der Waals surface area contributed by atoms with Crippen molar-refractivity contribution < 1.29 is 0 Å². The zero-order valence-electron chi connectivity index (χ0n) is 11.2. The van der Waals surface area contributed by atoms with Crippen LogP contribution in [-0.2, 0) is 0 Å². The molecule has 0 bridgehead atoms. The summed E-state index contributed by atoms with van der Waals surface area (Å²) in [5, 5.41) is 3.14. The monoisotopic (exact) mass is 277 g/mol. The minimum Gasteiger partial charge on any atom is -0.368 e. The first-order valence-corrected chi connectivity index (χ1v) is 7.56. The van der Waals surface area contributed by atoms with Crippen molar-refractivity contribution >= 4 is 33.3 Å². The molecular weight excluding hydrogens is 258 g/mol. The third kappa shape index (κ3) is 2.64. The zero-order chi connectivity index (χ0) is 13.2. The van der Waals surface area contributed by atoms with Crippen molar-refractivity contribution in [1.82, 2.24) is 14.9 Å². The second kappa shape index (κ2) is 5.30. The van der Waals surface area contributed by atoms with Crippen LogP contribution in [-0.4, -0.2) is 48.1 Å². The molecule has 3 heterocycles. The molecule has 19 heavy (non-hydrogen) atoms. The normalized spacial score (nSPS) is 16.3. The minimum atomic E-state index is 0.359. The van der Waals surface area contributed by atoms with E-state index in [0.717, 1.165) is 29.1 Å². The Kier molecular flexibility index (Phi) is 3.52. The fourth-order valence-electron chi connectivity index (χ4n) is 2.55. The molecule has 0 amide bonds. The Bertz CT molecular complexity index is 561. The number of likely N-dealkylation sites (N-methyl/N-ethyl adjacent to an activating group) is 1. The van der Waals surface area contributed by atoms with Crippen LogP contribution in [0.15, 0.2) is 11.4 Å². The van der Waals surface area contributed by atoms with Crippen LogP contribution >= 0.6 is 11.3 Å². The molecule has 2 N–H and O–H groups in total. The Morgan fingerprint density at radius 2 is 2.16 bits per heavy atom. The first-order chi connectivity index (χ1) is 9.24. The second-order valence-corrected chi connectivity index (χ2v) is 5.91. The van der Waals surface area contributed by atoms with Gasteiger partial charge in [0.15, 0.2) is 0 Å². The van der Waals surface area contributed by atoms with E-state index in [1.165, 1.54) is 25.9 Å². The average molecular weight is 277 g/mol. The molecule has 0 aromatic carbocycles. The molecule has 102 valence electrons. The fourth-order valence-corrected chi connectivity index (χ4v) is 3.32. The number of nitrogens with zero attached hydrogens (tertiary/aromatic N) is 4. The van der Waals surface area contributed by atoms with Gasteiger partial charge in [0, 0.05) is 20.1 Å². The minimum absolute atomic E-state index is 0.359. The quantitative estimate of drug-likeness (QED) is 0.923. The lowest BCUT2D eigenvalue weighted by atomic mass is 10.3. The first-order valence-electron chi connectivity index (χ1n) is 6.68. The largest absolute Gasteiger partial charge is 0.368 e. The number of aromatic nitrogens is 2. The van der Waals surface area contributed by atoms with Crippen molar-refractivity contribution in [3.05, 3.63) is 11.4 Å². The molecule has 1 fully saturated rings. The lowest BCUT2D eigenvalue weighted by Crippen LogP contribution is -2.32.